The van der Waals surface area contributed by atoms with Crippen molar-refractivity contribution in [1.29, 1.82) is 0 Å². The Bertz CT molecular complexity index is 612. The van der Waals surface area contributed by atoms with E-state index in [4.69, 9.17) is 4.98 Å². The second kappa shape index (κ2) is 7.45. The SMILES string of the molecule is CC(=O)c1cc(C2CC2)cnc1N1CCC(NC2CCCCC2)CC1. The number of pyridine rings is 1. The molecule has 136 valence electrons. The molecule has 4 heteroatoms. The molecule has 0 unspecified atom stereocenters. The van der Waals surface area contributed by atoms with Gasteiger partial charge in [-0.2, -0.15) is 0 Å². The number of hydrogen-bond acceptors (Lipinski definition) is 4. The number of carbonyl (C=O) groups is 1. The van der Waals surface area contributed by atoms with Crippen molar-refractivity contribution in [2.75, 3.05) is 18.0 Å². The van der Waals surface area contributed by atoms with Crippen LogP contribution < -0.4 is 10.2 Å². The lowest BCUT2D eigenvalue weighted by atomic mass is 9.93. The Hall–Kier alpha value is -1.42. The quantitative estimate of drug-likeness (QED) is 0.821. The van der Waals surface area contributed by atoms with Crippen molar-refractivity contribution in [2.45, 2.75) is 82.7 Å². The van der Waals surface area contributed by atoms with Crippen LogP contribution in [0.25, 0.3) is 0 Å². The number of hydrogen-bond donors (Lipinski definition) is 1. The van der Waals surface area contributed by atoms with Gasteiger partial charge < -0.3 is 10.2 Å². The number of piperidine rings is 1. The molecule has 0 radical (unpaired) electrons. The lowest BCUT2D eigenvalue weighted by molar-refractivity contribution is 0.101. The van der Waals surface area contributed by atoms with Gasteiger partial charge in [-0.3, -0.25) is 4.79 Å². The van der Waals surface area contributed by atoms with E-state index in [0.717, 1.165) is 43.4 Å². The molecule has 4 rings (SSSR count). The number of carbonyl (C=O) groups excluding carboxylic acids is 1. The molecule has 0 amide bonds. The van der Waals surface area contributed by atoms with Crippen LogP contribution in [0.3, 0.4) is 0 Å². The van der Waals surface area contributed by atoms with Crippen LogP contribution in [-0.4, -0.2) is 35.9 Å². The molecule has 1 aromatic rings. The lowest BCUT2D eigenvalue weighted by Gasteiger charge is -2.36. The molecule has 2 heterocycles. The molecule has 2 saturated carbocycles. The zero-order chi connectivity index (χ0) is 17.2. The molecule has 3 fully saturated rings. The van der Waals surface area contributed by atoms with Gasteiger partial charge in [-0.1, -0.05) is 19.3 Å². The van der Waals surface area contributed by atoms with E-state index in [-0.39, 0.29) is 5.78 Å². The van der Waals surface area contributed by atoms with Crippen molar-refractivity contribution in [3.8, 4) is 0 Å². The molecular formula is C21H31N3O. The second-order valence-corrected chi connectivity index (χ2v) is 8.23. The highest BCUT2D eigenvalue weighted by atomic mass is 16.1. The molecule has 0 bridgehead atoms. The molecule has 1 aliphatic heterocycles. The highest BCUT2D eigenvalue weighted by Crippen LogP contribution is 2.41. The van der Waals surface area contributed by atoms with Gasteiger partial charge in [-0.05, 0) is 63.0 Å². The van der Waals surface area contributed by atoms with Crippen LogP contribution in [0.5, 0.6) is 0 Å². The zero-order valence-corrected chi connectivity index (χ0v) is 15.5. The minimum absolute atomic E-state index is 0.146. The van der Waals surface area contributed by atoms with E-state index in [1.165, 1.54) is 50.5 Å². The van der Waals surface area contributed by atoms with Gasteiger partial charge in [0.25, 0.3) is 0 Å². The fraction of sp³-hybridized carbons (Fsp3) is 0.714. The van der Waals surface area contributed by atoms with Gasteiger partial charge in [0.2, 0.25) is 0 Å². The number of ketones is 1. The highest BCUT2D eigenvalue weighted by Gasteiger charge is 2.28. The summed E-state index contributed by atoms with van der Waals surface area (Å²) in [5.41, 5.74) is 2.07. The van der Waals surface area contributed by atoms with Crippen molar-refractivity contribution in [2.24, 2.45) is 0 Å². The van der Waals surface area contributed by atoms with E-state index in [1.807, 2.05) is 6.20 Å². The van der Waals surface area contributed by atoms with Crippen LogP contribution in [0.4, 0.5) is 5.82 Å². The first-order valence-corrected chi connectivity index (χ1v) is 10.2. The van der Waals surface area contributed by atoms with Gasteiger partial charge in [0.15, 0.2) is 5.78 Å². The average molecular weight is 341 g/mol. The van der Waals surface area contributed by atoms with Crippen molar-refractivity contribution in [3.05, 3.63) is 23.4 Å². The molecule has 25 heavy (non-hydrogen) atoms. The summed E-state index contributed by atoms with van der Waals surface area (Å²) in [5, 5.41) is 3.89. The fourth-order valence-electron chi connectivity index (χ4n) is 4.49. The largest absolute Gasteiger partial charge is 0.356 e. The number of nitrogens with zero attached hydrogens (tertiary/aromatic N) is 2. The summed E-state index contributed by atoms with van der Waals surface area (Å²) < 4.78 is 0. The van der Waals surface area contributed by atoms with Crippen molar-refractivity contribution < 1.29 is 4.79 Å². The molecule has 0 spiro atoms. The van der Waals surface area contributed by atoms with E-state index in [0.29, 0.717) is 12.0 Å². The first-order chi connectivity index (χ1) is 12.2. The Labute approximate surface area is 151 Å². The van der Waals surface area contributed by atoms with Crippen molar-refractivity contribution in [1.82, 2.24) is 10.3 Å². The van der Waals surface area contributed by atoms with Crippen LogP contribution in [0.1, 0.15) is 86.6 Å². The summed E-state index contributed by atoms with van der Waals surface area (Å²) in [6.45, 7) is 3.68. The predicted octanol–water partition coefficient (Wildman–Crippen LogP) is 4.05. The third-order valence-electron chi connectivity index (χ3n) is 6.19. The number of nitrogens with one attached hydrogen (secondary N) is 1. The lowest BCUT2D eigenvalue weighted by Crippen LogP contribution is -2.47. The smallest absolute Gasteiger partial charge is 0.163 e. The van der Waals surface area contributed by atoms with Crippen LogP contribution >= 0.6 is 0 Å². The molecule has 1 saturated heterocycles. The van der Waals surface area contributed by atoms with Crippen LogP contribution in [0.2, 0.25) is 0 Å². The van der Waals surface area contributed by atoms with Gasteiger partial charge in [-0.15, -0.1) is 0 Å². The minimum atomic E-state index is 0.146. The van der Waals surface area contributed by atoms with E-state index in [1.54, 1.807) is 6.92 Å². The number of anilines is 1. The summed E-state index contributed by atoms with van der Waals surface area (Å²) in [4.78, 5) is 19.2. The normalized spacial score (nSPS) is 23.0. The molecule has 1 aromatic heterocycles. The van der Waals surface area contributed by atoms with Crippen molar-refractivity contribution >= 4 is 11.6 Å². The van der Waals surface area contributed by atoms with E-state index >= 15 is 0 Å². The molecule has 3 aliphatic rings. The number of aromatic nitrogens is 1. The molecule has 0 atom stereocenters. The standard InChI is InChI=1S/C21H31N3O/c1-15(25)20-13-17(16-7-8-16)14-22-21(20)24-11-9-19(10-12-24)23-18-5-3-2-4-6-18/h13-14,16,18-19,23H,2-12H2,1H3. The number of rotatable bonds is 5. The molecule has 0 aromatic carbocycles. The molecule has 2 aliphatic carbocycles. The molecular weight excluding hydrogens is 310 g/mol. The minimum Gasteiger partial charge on any atom is -0.356 e. The van der Waals surface area contributed by atoms with E-state index in [2.05, 4.69) is 16.3 Å². The Balaban J connectivity index is 1.39. The maximum atomic E-state index is 12.2. The first-order valence-electron chi connectivity index (χ1n) is 10.2. The maximum absolute atomic E-state index is 12.2. The van der Waals surface area contributed by atoms with Gasteiger partial charge in [0.05, 0.1) is 5.56 Å². The second-order valence-electron chi connectivity index (χ2n) is 8.23. The van der Waals surface area contributed by atoms with Crippen LogP contribution in [0, 0.1) is 0 Å². The average Bonchev–Trinajstić information content (AvgIpc) is 3.48. The van der Waals surface area contributed by atoms with E-state index < -0.39 is 0 Å². The van der Waals surface area contributed by atoms with Crippen molar-refractivity contribution in [3.63, 3.8) is 0 Å². The molecule has 4 nitrogen and oxygen atoms in total. The predicted molar refractivity (Wildman–Crippen MR) is 101 cm³/mol. The number of Topliss-reactive ketones (excluding diaryl/α,β-unsaturated/α-hetero) is 1. The van der Waals surface area contributed by atoms with Crippen LogP contribution in [-0.2, 0) is 0 Å². The third-order valence-corrected chi connectivity index (χ3v) is 6.19. The maximum Gasteiger partial charge on any atom is 0.163 e. The Morgan fingerprint density at radius 1 is 1.04 bits per heavy atom. The Morgan fingerprint density at radius 2 is 1.72 bits per heavy atom. The van der Waals surface area contributed by atoms with Gasteiger partial charge in [0, 0.05) is 31.4 Å². The fourth-order valence-corrected chi connectivity index (χ4v) is 4.49. The zero-order valence-electron chi connectivity index (χ0n) is 15.5. The highest BCUT2D eigenvalue weighted by molar-refractivity contribution is 5.99. The monoisotopic (exact) mass is 341 g/mol. The summed E-state index contributed by atoms with van der Waals surface area (Å²) in [6, 6.07) is 3.47. The third kappa shape index (κ3) is 4.05. The van der Waals surface area contributed by atoms with Gasteiger partial charge in [0.1, 0.15) is 5.82 Å². The van der Waals surface area contributed by atoms with Gasteiger partial charge in [-0.25, -0.2) is 4.98 Å². The summed E-state index contributed by atoms with van der Waals surface area (Å²) in [5.74, 6) is 1.70. The topological polar surface area (TPSA) is 45.2 Å². The van der Waals surface area contributed by atoms with E-state index in [9.17, 15) is 4.79 Å². The summed E-state index contributed by atoms with van der Waals surface area (Å²) in [7, 11) is 0. The summed E-state index contributed by atoms with van der Waals surface area (Å²) >= 11 is 0. The van der Waals surface area contributed by atoms with Gasteiger partial charge >= 0.3 is 0 Å². The Kier molecular flexibility index (Phi) is 5.07. The first kappa shape index (κ1) is 17.0. The summed E-state index contributed by atoms with van der Waals surface area (Å²) in [6.07, 6.45) is 13.7. The molecule has 1 N–H and O–H groups in total. The van der Waals surface area contributed by atoms with Crippen LogP contribution in [0.15, 0.2) is 12.3 Å². The Morgan fingerprint density at radius 3 is 2.36 bits per heavy atom.